The van der Waals surface area contributed by atoms with Crippen molar-refractivity contribution in [2.45, 2.75) is 33.0 Å². The Morgan fingerprint density at radius 1 is 1.39 bits per heavy atom. The van der Waals surface area contributed by atoms with E-state index in [-0.39, 0.29) is 24.1 Å². The number of carbonyl (C=O) groups excluding carboxylic acids is 1. The molecule has 0 radical (unpaired) electrons. The first-order chi connectivity index (χ1) is 8.52. The minimum absolute atomic E-state index is 0.00457. The van der Waals surface area contributed by atoms with Crippen LogP contribution < -0.4 is 9.47 Å². The summed E-state index contributed by atoms with van der Waals surface area (Å²) in [6, 6.07) is 5.39. The third-order valence-electron chi connectivity index (χ3n) is 2.92. The fourth-order valence-electron chi connectivity index (χ4n) is 1.71. The second-order valence-corrected chi connectivity index (χ2v) is 4.74. The Kier molecular flexibility index (Phi) is 3.57. The van der Waals surface area contributed by atoms with Crippen LogP contribution in [0.1, 0.15) is 32.4 Å². The molecule has 1 aliphatic rings. The van der Waals surface area contributed by atoms with E-state index in [2.05, 4.69) is 0 Å². The van der Waals surface area contributed by atoms with Gasteiger partial charge in [0.15, 0.2) is 0 Å². The fraction of sp³-hybridized carbons (Fsp3) is 0.500. The number of hydrogen-bond donors (Lipinski definition) is 0. The van der Waals surface area contributed by atoms with Gasteiger partial charge in [0.25, 0.3) is 0 Å². The molecule has 0 unspecified atom stereocenters. The number of ether oxygens (including phenoxy) is 3. The predicted octanol–water partition coefficient (Wildman–Crippen LogP) is 2.72. The zero-order valence-electron chi connectivity index (χ0n) is 11.1. The minimum Gasteiger partial charge on any atom is -0.497 e. The molecule has 98 valence electrons. The van der Waals surface area contributed by atoms with Gasteiger partial charge in [-0.15, -0.1) is 0 Å². The quantitative estimate of drug-likeness (QED) is 0.468. The maximum atomic E-state index is 11.6. The van der Waals surface area contributed by atoms with Gasteiger partial charge in [0.1, 0.15) is 17.6 Å². The van der Waals surface area contributed by atoms with Crippen molar-refractivity contribution in [1.82, 2.24) is 0 Å². The van der Waals surface area contributed by atoms with E-state index in [1.807, 2.05) is 26.8 Å². The third kappa shape index (κ3) is 2.64. The summed E-state index contributed by atoms with van der Waals surface area (Å²) in [5.74, 6) is 0.896. The molecule has 0 amide bonds. The van der Waals surface area contributed by atoms with E-state index in [0.717, 1.165) is 11.3 Å². The van der Waals surface area contributed by atoms with Crippen molar-refractivity contribution in [3.8, 4) is 11.5 Å². The third-order valence-corrected chi connectivity index (χ3v) is 2.92. The number of epoxide rings is 1. The van der Waals surface area contributed by atoms with Crippen LogP contribution in [0.15, 0.2) is 18.2 Å². The number of rotatable bonds is 4. The highest BCUT2D eigenvalue weighted by atomic mass is 16.6. The van der Waals surface area contributed by atoms with E-state index in [1.165, 1.54) is 0 Å². The summed E-state index contributed by atoms with van der Waals surface area (Å²) in [4.78, 5) is 11.6. The molecular formula is C14H18O4. The molecule has 2 atom stereocenters. The summed E-state index contributed by atoms with van der Waals surface area (Å²) in [5, 5.41) is 0. The summed E-state index contributed by atoms with van der Waals surface area (Å²) >= 11 is 0. The van der Waals surface area contributed by atoms with Crippen LogP contribution in [-0.4, -0.2) is 19.2 Å². The Morgan fingerprint density at radius 2 is 2.06 bits per heavy atom. The second kappa shape index (κ2) is 4.98. The highest BCUT2D eigenvalue weighted by Crippen LogP contribution is 2.44. The van der Waals surface area contributed by atoms with E-state index in [0.29, 0.717) is 5.75 Å². The molecule has 1 aromatic carbocycles. The first-order valence-electron chi connectivity index (χ1n) is 6.08. The van der Waals surface area contributed by atoms with Gasteiger partial charge in [-0.1, -0.05) is 13.8 Å². The Morgan fingerprint density at radius 3 is 2.56 bits per heavy atom. The van der Waals surface area contributed by atoms with Gasteiger partial charge in [0.05, 0.1) is 19.1 Å². The van der Waals surface area contributed by atoms with Crippen LogP contribution in [-0.2, 0) is 9.53 Å². The SMILES string of the molecule is COc1ccc(OC(=O)C(C)C)c([C@H]2O[C@@H]2C)c1. The smallest absolute Gasteiger partial charge is 0.313 e. The molecule has 1 fully saturated rings. The molecule has 1 saturated heterocycles. The zero-order valence-corrected chi connectivity index (χ0v) is 11.1. The minimum atomic E-state index is -0.241. The van der Waals surface area contributed by atoms with E-state index < -0.39 is 0 Å². The molecule has 1 aromatic rings. The molecule has 0 aliphatic carbocycles. The molecule has 0 N–H and O–H groups in total. The molecule has 4 heteroatoms. The standard InChI is InChI=1S/C14H18O4/c1-8(2)14(15)18-12-6-5-10(16-4)7-11(12)13-9(3)17-13/h5-9,13H,1-4H3/t9-,13+/m1/s1. The predicted molar refractivity (Wildman–Crippen MR) is 66.8 cm³/mol. The Hall–Kier alpha value is -1.55. The fourth-order valence-corrected chi connectivity index (χ4v) is 1.71. The molecule has 1 aliphatic heterocycles. The maximum Gasteiger partial charge on any atom is 0.313 e. The van der Waals surface area contributed by atoms with Gasteiger partial charge in [0.2, 0.25) is 0 Å². The van der Waals surface area contributed by atoms with Crippen molar-refractivity contribution in [1.29, 1.82) is 0 Å². The van der Waals surface area contributed by atoms with Crippen molar-refractivity contribution >= 4 is 5.97 Å². The molecule has 18 heavy (non-hydrogen) atoms. The van der Waals surface area contributed by atoms with Crippen LogP contribution in [0.5, 0.6) is 11.5 Å². The lowest BCUT2D eigenvalue weighted by Gasteiger charge is -2.11. The summed E-state index contributed by atoms with van der Waals surface area (Å²) < 4.78 is 16.0. The van der Waals surface area contributed by atoms with Crippen molar-refractivity contribution in [3.63, 3.8) is 0 Å². The number of benzene rings is 1. The molecule has 1 heterocycles. The van der Waals surface area contributed by atoms with Crippen LogP contribution in [0.3, 0.4) is 0 Å². The Bertz CT molecular complexity index is 453. The molecule has 0 aromatic heterocycles. The van der Waals surface area contributed by atoms with E-state index >= 15 is 0 Å². The monoisotopic (exact) mass is 250 g/mol. The van der Waals surface area contributed by atoms with Gasteiger partial charge in [-0.2, -0.15) is 0 Å². The number of hydrogen-bond acceptors (Lipinski definition) is 4. The number of esters is 1. The van der Waals surface area contributed by atoms with E-state index in [9.17, 15) is 4.79 Å². The lowest BCUT2D eigenvalue weighted by molar-refractivity contribution is -0.137. The molecule has 0 saturated carbocycles. The van der Waals surface area contributed by atoms with E-state index in [1.54, 1.807) is 19.2 Å². The summed E-state index contributed by atoms with van der Waals surface area (Å²) in [6.45, 7) is 5.60. The average molecular weight is 250 g/mol. The normalized spacial score (nSPS) is 21.8. The van der Waals surface area contributed by atoms with E-state index in [4.69, 9.17) is 14.2 Å². The summed E-state index contributed by atoms with van der Waals surface area (Å²) in [7, 11) is 1.61. The van der Waals surface area contributed by atoms with Crippen molar-refractivity contribution in [2.24, 2.45) is 5.92 Å². The van der Waals surface area contributed by atoms with Crippen LogP contribution in [0.2, 0.25) is 0 Å². The van der Waals surface area contributed by atoms with Gasteiger partial charge in [-0.25, -0.2) is 0 Å². The second-order valence-electron chi connectivity index (χ2n) is 4.74. The highest BCUT2D eigenvalue weighted by Gasteiger charge is 2.38. The Balaban J connectivity index is 2.25. The van der Waals surface area contributed by atoms with Crippen LogP contribution in [0, 0.1) is 5.92 Å². The van der Waals surface area contributed by atoms with Gasteiger partial charge in [-0.05, 0) is 25.1 Å². The summed E-state index contributed by atoms with van der Waals surface area (Å²) in [5.41, 5.74) is 0.871. The van der Waals surface area contributed by atoms with Crippen molar-refractivity contribution in [2.75, 3.05) is 7.11 Å². The molecule has 4 nitrogen and oxygen atoms in total. The first-order valence-corrected chi connectivity index (χ1v) is 6.08. The zero-order chi connectivity index (χ0) is 13.3. The lowest BCUT2D eigenvalue weighted by Crippen LogP contribution is -2.15. The van der Waals surface area contributed by atoms with Gasteiger partial charge < -0.3 is 14.2 Å². The number of carbonyl (C=O) groups is 1. The van der Waals surface area contributed by atoms with Crippen LogP contribution in [0.25, 0.3) is 0 Å². The maximum absolute atomic E-state index is 11.6. The van der Waals surface area contributed by atoms with Crippen LogP contribution in [0.4, 0.5) is 0 Å². The summed E-state index contributed by atoms with van der Waals surface area (Å²) in [6.07, 6.45) is 0.156. The molecule has 2 rings (SSSR count). The van der Waals surface area contributed by atoms with Gasteiger partial charge in [0, 0.05) is 5.56 Å². The first kappa shape index (κ1) is 12.9. The van der Waals surface area contributed by atoms with Gasteiger partial charge in [-0.3, -0.25) is 4.79 Å². The Labute approximate surface area is 107 Å². The van der Waals surface area contributed by atoms with Crippen molar-refractivity contribution < 1.29 is 19.0 Å². The van der Waals surface area contributed by atoms with Crippen molar-refractivity contribution in [3.05, 3.63) is 23.8 Å². The molecule has 0 spiro atoms. The molecular weight excluding hydrogens is 232 g/mol. The van der Waals surface area contributed by atoms with Crippen LogP contribution >= 0.6 is 0 Å². The average Bonchev–Trinajstić information content (AvgIpc) is 3.06. The highest BCUT2D eigenvalue weighted by molar-refractivity contribution is 5.75. The topological polar surface area (TPSA) is 48.1 Å². The largest absolute Gasteiger partial charge is 0.497 e. The molecule has 0 bridgehead atoms. The lowest BCUT2D eigenvalue weighted by atomic mass is 10.1. The number of methoxy groups -OCH3 is 1. The van der Waals surface area contributed by atoms with Gasteiger partial charge >= 0.3 is 5.97 Å².